The summed E-state index contributed by atoms with van der Waals surface area (Å²) in [4.78, 5) is 24.1. The van der Waals surface area contributed by atoms with Crippen LogP contribution in [0.5, 0.6) is 0 Å². The van der Waals surface area contributed by atoms with Crippen LogP contribution in [0, 0.1) is 0 Å². The van der Waals surface area contributed by atoms with Gasteiger partial charge in [-0.2, -0.15) is 5.10 Å². The molecule has 0 saturated carbocycles. The molecule has 0 saturated heterocycles. The van der Waals surface area contributed by atoms with E-state index >= 15 is 0 Å². The zero-order valence-corrected chi connectivity index (χ0v) is 17.9. The largest absolute Gasteiger partial charge is 0.326 e. The molecule has 0 aliphatic rings. The molecule has 31 heavy (non-hydrogen) atoms. The van der Waals surface area contributed by atoms with E-state index < -0.39 is 20.7 Å². The molecule has 0 aromatic heterocycles. The van der Waals surface area contributed by atoms with Gasteiger partial charge in [-0.3, -0.25) is 15.0 Å². The first-order valence-electron chi connectivity index (χ1n) is 9.09. The molecule has 1 amide bonds. The average Bonchev–Trinajstić information content (AvgIpc) is 2.75. The van der Waals surface area contributed by atoms with Crippen LogP contribution in [0.2, 0.25) is 5.02 Å². The molecule has 3 aromatic rings. The van der Waals surface area contributed by atoms with Crippen molar-refractivity contribution in [2.75, 3.05) is 10.7 Å². The van der Waals surface area contributed by atoms with E-state index in [1.807, 2.05) is 0 Å². The number of hydrogen-bond donors (Lipinski definition) is 2. The van der Waals surface area contributed by atoms with E-state index in [4.69, 9.17) is 11.6 Å². The lowest BCUT2D eigenvalue weighted by molar-refractivity contribution is -0.114. The predicted molar refractivity (Wildman–Crippen MR) is 121 cm³/mol. The maximum Gasteiger partial charge on any atom is 0.229 e. The standard InChI is InChI=1S/C22H18ClN3O4S/c1-15(27)24-18-11-13-20(14-12-18)31(29,30)22(21(28)16-5-3-2-4-6-16)26-25-19-9-7-17(23)8-10-19/h2-14,25H,1H3,(H,24,27)/b26-22+. The van der Waals surface area contributed by atoms with Crippen LogP contribution in [0.1, 0.15) is 17.3 Å². The molecule has 7 nitrogen and oxygen atoms in total. The third-order valence-electron chi connectivity index (χ3n) is 4.10. The van der Waals surface area contributed by atoms with Crippen molar-refractivity contribution in [3.8, 4) is 0 Å². The average molecular weight is 456 g/mol. The van der Waals surface area contributed by atoms with Gasteiger partial charge in [-0.15, -0.1) is 0 Å². The highest BCUT2D eigenvalue weighted by Gasteiger charge is 2.30. The number of hydrogen-bond acceptors (Lipinski definition) is 6. The van der Waals surface area contributed by atoms with Crippen LogP contribution in [0.15, 0.2) is 88.9 Å². The molecule has 3 aromatic carbocycles. The summed E-state index contributed by atoms with van der Waals surface area (Å²) in [7, 11) is -4.27. The van der Waals surface area contributed by atoms with E-state index in [9.17, 15) is 18.0 Å². The van der Waals surface area contributed by atoms with Gasteiger partial charge in [0.2, 0.25) is 26.6 Å². The Morgan fingerprint density at radius 3 is 2.00 bits per heavy atom. The van der Waals surface area contributed by atoms with Crippen molar-refractivity contribution < 1.29 is 18.0 Å². The highest BCUT2D eigenvalue weighted by Crippen LogP contribution is 2.20. The SMILES string of the molecule is CC(=O)Nc1ccc(S(=O)(=O)/C(=N/Nc2ccc(Cl)cc2)C(=O)c2ccccc2)cc1. The summed E-state index contributed by atoms with van der Waals surface area (Å²) in [6.45, 7) is 1.34. The molecule has 0 bridgehead atoms. The van der Waals surface area contributed by atoms with E-state index in [0.717, 1.165) is 0 Å². The predicted octanol–water partition coefficient (Wildman–Crippen LogP) is 4.38. The molecule has 0 spiro atoms. The van der Waals surface area contributed by atoms with Crippen LogP contribution in [-0.4, -0.2) is 25.2 Å². The second-order valence-corrected chi connectivity index (χ2v) is 8.74. The quantitative estimate of drug-likeness (QED) is 0.248. The lowest BCUT2D eigenvalue weighted by Crippen LogP contribution is -2.26. The van der Waals surface area contributed by atoms with Gasteiger partial charge < -0.3 is 5.32 Å². The molecule has 0 atom stereocenters. The van der Waals surface area contributed by atoms with Gasteiger partial charge in [0.25, 0.3) is 0 Å². The number of ketones is 1. The van der Waals surface area contributed by atoms with Gasteiger partial charge in [0.1, 0.15) is 0 Å². The minimum absolute atomic E-state index is 0.137. The van der Waals surface area contributed by atoms with Gasteiger partial charge in [-0.1, -0.05) is 41.9 Å². The van der Waals surface area contributed by atoms with Crippen molar-refractivity contribution in [1.82, 2.24) is 0 Å². The molecule has 0 aliphatic heterocycles. The summed E-state index contributed by atoms with van der Waals surface area (Å²) in [6.07, 6.45) is 0. The number of hydrazone groups is 1. The number of amides is 1. The Labute approximate surface area is 184 Å². The van der Waals surface area contributed by atoms with Gasteiger partial charge in [0, 0.05) is 23.2 Å². The second kappa shape index (κ2) is 9.55. The first-order chi connectivity index (χ1) is 14.8. The lowest BCUT2D eigenvalue weighted by Gasteiger charge is -2.10. The minimum Gasteiger partial charge on any atom is -0.326 e. The van der Waals surface area contributed by atoms with E-state index in [-0.39, 0.29) is 16.4 Å². The lowest BCUT2D eigenvalue weighted by atomic mass is 10.1. The first kappa shape index (κ1) is 22.2. The van der Waals surface area contributed by atoms with Crippen molar-refractivity contribution in [2.24, 2.45) is 5.10 Å². The summed E-state index contributed by atoms with van der Waals surface area (Å²) in [5, 5.41) is 6.33. The normalized spacial score (nSPS) is 11.6. The number of nitrogens with zero attached hydrogens (tertiary/aromatic N) is 1. The summed E-state index contributed by atoms with van der Waals surface area (Å²) in [6, 6.07) is 19.9. The number of halogens is 1. The molecular formula is C22H18ClN3O4S. The van der Waals surface area contributed by atoms with Gasteiger partial charge >= 0.3 is 0 Å². The summed E-state index contributed by atoms with van der Waals surface area (Å²) < 4.78 is 26.5. The molecule has 0 unspecified atom stereocenters. The number of benzene rings is 3. The van der Waals surface area contributed by atoms with Gasteiger partial charge in [0.15, 0.2) is 0 Å². The maximum absolute atomic E-state index is 13.3. The van der Waals surface area contributed by atoms with Gasteiger partial charge in [-0.05, 0) is 48.5 Å². The Morgan fingerprint density at radius 2 is 1.42 bits per heavy atom. The van der Waals surface area contributed by atoms with Crippen molar-refractivity contribution in [3.63, 3.8) is 0 Å². The van der Waals surface area contributed by atoms with Crippen molar-refractivity contribution in [1.29, 1.82) is 0 Å². The molecule has 2 N–H and O–H groups in total. The van der Waals surface area contributed by atoms with Crippen LogP contribution in [0.25, 0.3) is 0 Å². The van der Waals surface area contributed by atoms with Crippen LogP contribution in [0.3, 0.4) is 0 Å². The van der Waals surface area contributed by atoms with Crippen molar-refractivity contribution in [2.45, 2.75) is 11.8 Å². The van der Waals surface area contributed by atoms with Gasteiger partial charge in [-0.25, -0.2) is 8.42 Å². The number of anilines is 2. The Kier molecular flexibility index (Phi) is 6.84. The number of Topliss-reactive ketones (excluding diaryl/α,β-unsaturated/α-hetero) is 1. The number of carbonyl (C=O) groups excluding carboxylic acids is 2. The fourth-order valence-corrected chi connectivity index (χ4v) is 3.99. The summed E-state index contributed by atoms with van der Waals surface area (Å²) in [5.41, 5.74) is 3.67. The van der Waals surface area contributed by atoms with Crippen molar-refractivity contribution in [3.05, 3.63) is 89.4 Å². The number of sulfone groups is 1. The minimum atomic E-state index is -4.27. The zero-order chi connectivity index (χ0) is 22.4. The summed E-state index contributed by atoms with van der Waals surface area (Å²) >= 11 is 5.86. The van der Waals surface area contributed by atoms with Crippen LogP contribution in [-0.2, 0) is 14.6 Å². The third kappa shape index (κ3) is 5.56. The van der Waals surface area contributed by atoms with Crippen LogP contribution >= 0.6 is 11.6 Å². The molecule has 0 fully saturated rings. The smallest absolute Gasteiger partial charge is 0.229 e. The van der Waals surface area contributed by atoms with Crippen LogP contribution < -0.4 is 10.7 Å². The highest BCUT2D eigenvalue weighted by molar-refractivity contribution is 8.08. The molecule has 0 heterocycles. The Bertz CT molecular complexity index is 1220. The van der Waals surface area contributed by atoms with E-state index in [2.05, 4.69) is 15.8 Å². The molecular weight excluding hydrogens is 438 g/mol. The molecule has 0 radical (unpaired) electrons. The Hall–Kier alpha value is -3.49. The molecule has 0 aliphatic carbocycles. The van der Waals surface area contributed by atoms with Crippen molar-refractivity contribution >= 4 is 49.5 Å². The molecule has 3 rings (SSSR count). The second-order valence-electron chi connectivity index (χ2n) is 6.44. The molecule has 158 valence electrons. The third-order valence-corrected chi connectivity index (χ3v) is 6.03. The first-order valence-corrected chi connectivity index (χ1v) is 11.0. The highest BCUT2D eigenvalue weighted by atomic mass is 35.5. The number of carbonyl (C=O) groups is 2. The summed E-state index contributed by atoms with van der Waals surface area (Å²) in [5.74, 6) is -1.04. The fraction of sp³-hybridized carbons (Fsp3) is 0.0455. The van der Waals surface area contributed by atoms with E-state index in [1.165, 1.54) is 43.3 Å². The number of rotatable bonds is 6. The van der Waals surface area contributed by atoms with E-state index in [0.29, 0.717) is 16.4 Å². The maximum atomic E-state index is 13.3. The number of nitrogens with one attached hydrogen (secondary N) is 2. The molecule has 9 heteroatoms. The van der Waals surface area contributed by atoms with Gasteiger partial charge in [0.05, 0.1) is 10.6 Å². The Balaban J connectivity index is 2.01. The topological polar surface area (TPSA) is 105 Å². The van der Waals surface area contributed by atoms with E-state index in [1.54, 1.807) is 42.5 Å². The Morgan fingerprint density at radius 1 is 0.839 bits per heavy atom. The fourth-order valence-electron chi connectivity index (χ4n) is 2.62. The van der Waals surface area contributed by atoms with Crippen LogP contribution in [0.4, 0.5) is 11.4 Å². The zero-order valence-electron chi connectivity index (χ0n) is 16.4. The monoisotopic (exact) mass is 455 g/mol.